The smallest absolute Gasteiger partial charge is 0.354 e. The first-order valence-electron chi connectivity index (χ1n) is 10.4. The molecule has 5 nitrogen and oxygen atoms in total. The van der Waals surface area contributed by atoms with Crippen LogP contribution in [0.25, 0.3) is 0 Å². The summed E-state index contributed by atoms with van der Waals surface area (Å²) < 4.78 is 51.4. The molecule has 4 rings (SSSR count). The Morgan fingerprint density at radius 1 is 0.970 bits per heavy atom. The summed E-state index contributed by atoms with van der Waals surface area (Å²) in [7, 11) is 0. The van der Waals surface area contributed by atoms with Crippen LogP contribution in [0.4, 0.5) is 29.1 Å². The van der Waals surface area contributed by atoms with Gasteiger partial charge in [0.1, 0.15) is 11.6 Å². The lowest BCUT2D eigenvalue weighted by Gasteiger charge is -2.35. The Morgan fingerprint density at radius 3 is 2.30 bits per heavy atom. The second-order valence-corrected chi connectivity index (χ2v) is 7.83. The van der Waals surface area contributed by atoms with Crippen molar-refractivity contribution in [2.24, 2.45) is 0 Å². The van der Waals surface area contributed by atoms with Crippen LogP contribution in [0.1, 0.15) is 21.5 Å². The molecule has 33 heavy (non-hydrogen) atoms. The van der Waals surface area contributed by atoms with Crippen LogP contribution in [0.3, 0.4) is 0 Å². The molecule has 172 valence electrons. The molecule has 0 atom stereocenters. The van der Waals surface area contributed by atoms with Crippen molar-refractivity contribution in [3.05, 3.63) is 89.4 Å². The molecule has 0 unspecified atom stereocenters. The number of halogens is 4. The Labute approximate surface area is 188 Å². The summed E-state index contributed by atoms with van der Waals surface area (Å²) in [5.41, 5.74) is 0.933. The molecule has 0 aliphatic carbocycles. The van der Waals surface area contributed by atoms with Gasteiger partial charge in [-0.15, -0.1) is 0 Å². The molecule has 1 saturated heterocycles. The Kier molecular flexibility index (Phi) is 6.60. The van der Waals surface area contributed by atoms with Crippen molar-refractivity contribution in [2.75, 3.05) is 36.4 Å². The molecule has 0 saturated carbocycles. The zero-order valence-electron chi connectivity index (χ0n) is 17.6. The van der Waals surface area contributed by atoms with Gasteiger partial charge >= 0.3 is 6.18 Å². The SMILES string of the molecule is O=C(Nc1ccc(N2CCN(Cc3ccc(C(F)(F)F)cc3)CC2)nc1)c1cccc(F)c1. The van der Waals surface area contributed by atoms with Gasteiger partial charge in [-0.3, -0.25) is 9.69 Å². The van der Waals surface area contributed by atoms with Crippen molar-refractivity contribution >= 4 is 17.4 Å². The topological polar surface area (TPSA) is 48.5 Å². The molecule has 1 fully saturated rings. The summed E-state index contributed by atoms with van der Waals surface area (Å²) in [6.45, 7) is 3.54. The number of nitrogens with zero attached hydrogens (tertiary/aromatic N) is 3. The van der Waals surface area contributed by atoms with Gasteiger partial charge in [0.25, 0.3) is 5.91 Å². The minimum absolute atomic E-state index is 0.225. The number of nitrogens with one attached hydrogen (secondary N) is 1. The molecule has 0 bridgehead atoms. The fraction of sp³-hybridized carbons (Fsp3) is 0.250. The second-order valence-electron chi connectivity index (χ2n) is 7.83. The van der Waals surface area contributed by atoms with Gasteiger partial charge in [-0.05, 0) is 48.0 Å². The normalized spacial score (nSPS) is 14.8. The Hall–Kier alpha value is -3.46. The van der Waals surface area contributed by atoms with Crippen molar-refractivity contribution < 1.29 is 22.4 Å². The fourth-order valence-corrected chi connectivity index (χ4v) is 3.67. The van der Waals surface area contributed by atoms with Crippen LogP contribution >= 0.6 is 0 Å². The number of carbonyl (C=O) groups is 1. The molecule has 1 amide bonds. The highest BCUT2D eigenvalue weighted by Gasteiger charge is 2.30. The van der Waals surface area contributed by atoms with E-state index in [0.29, 0.717) is 12.2 Å². The third kappa shape index (κ3) is 5.87. The van der Waals surface area contributed by atoms with E-state index >= 15 is 0 Å². The number of rotatable bonds is 5. The van der Waals surface area contributed by atoms with Gasteiger partial charge in [0.2, 0.25) is 0 Å². The molecule has 1 aliphatic rings. The lowest BCUT2D eigenvalue weighted by molar-refractivity contribution is -0.137. The lowest BCUT2D eigenvalue weighted by Crippen LogP contribution is -2.46. The molecular weight excluding hydrogens is 436 g/mol. The van der Waals surface area contributed by atoms with Gasteiger partial charge in [0, 0.05) is 38.3 Å². The van der Waals surface area contributed by atoms with Crippen LogP contribution in [-0.2, 0) is 12.7 Å². The van der Waals surface area contributed by atoms with Gasteiger partial charge in [0.05, 0.1) is 17.4 Å². The number of aromatic nitrogens is 1. The predicted octanol–water partition coefficient (Wildman–Crippen LogP) is 4.81. The molecule has 9 heteroatoms. The van der Waals surface area contributed by atoms with E-state index in [1.807, 2.05) is 6.07 Å². The minimum atomic E-state index is -4.32. The summed E-state index contributed by atoms with van der Waals surface area (Å²) in [6.07, 6.45) is -2.77. The quantitative estimate of drug-likeness (QED) is 0.558. The summed E-state index contributed by atoms with van der Waals surface area (Å²) in [6, 6.07) is 14.3. The van der Waals surface area contributed by atoms with Crippen LogP contribution in [-0.4, -0.2) is 42.0 Å². The van der Waals surface area contributed by atoms with Crippen LogP contribution in [0, 0.1) is 5.82 Å². The maximum atomic E-state index is 13.3. The van der Waals surface area contributed by atoms with E-state index in [0.717, 1.165) is 49.7 Å². The number of hydrogen-bond donors (Lipinski definition) is 1. The van der Waals surface area contributed by atoms with Gasteiger partial charge in [-0.25, -0.2) is 9.37 Å². The summed E-state index contributed by atoms with van der Waals surface area (Å²) >= 11 is 0. The van der Waals surface area contributed by atoms with E-state index in [9.17, 15) is 22.4 Å². The zero-order chi connectivity index (χ0) is 23.4. The molecule has 0 spiro atoms. The lowest BCUT2D eigenvalue weighted by atomic mass is 10.1. The number of amides is 1. The van der Waals surface area contributed by atoms with E-state index in [1.165, 1.54) is 36.4 Å². The van der Waals surface area contributed by atoms with E-state index in [2.05, 4.69) is 20.1 Å². The predicted molar refractivity (Wildman–Crippen MR) is 118 cm³/mol. The van der Waals surface area contributed by atoms with Crippen molar-refractivity contribution in [1.29, 1.82) is 0 Å². The molecular formula is C24H22F4N4O. The molecule has 0 radical (unpaired) electrons. The highest BCUT2D eigenvalue weighted by molar-refractivity contribution is 6.04. The third-order valence-electron chi connectivity index (χ3n) is 5.48. The number of benzene rings is 2. The molecule has 2 heterocycles. The zero-order valence-corrected chi connectivity index (χ0v) is 17.6. The van der Waals surface area contributed by atoms with Crippen molar-refractivity contribution in [3.63, 3.8) is 0 Å². The van der Waals surface area contributed by atoms with Crippen LogP contribution < -0.4 is 10.2 Å². The van der Waals surface area contributed by atoms with E-state index < -0.39 is 23.5 Å². The number of carbonyl (C=O) groups excluding carboxylic acids is 1. The maximum absolute atomic E-state index is 13.3. The van der Waals surface area contributed by atoms with Crippen molar-refractivity contribution in [2.45, 2.75) is 12.7 Å². The number of hydrogen-bond acceptors (Lipinski definition) is 4. The average Bonchev–Trinajstić information content (AvgIpc) is 2.80. The van der Waals surface area contributed by atoms with Gasteiger partial charge < -0.3 is 10.2 Å². The van der Waals surface area contributed by atoms with Gasteiger partial charge in [0.15, 0.2) is 0 Å². The fourth-order valence-electron chi connectivity index (χ4n) is 3.67. The van der Waals surface area contributed by atoms with Crippen molar-refractivity contribution in [3.8, 4) is 0 Å². The van der Waals surface area contributed by atoms with Gasteiger partial charge in [-0.1, -0.05) is 18.2 Å². The van der Waals surface area contributed by atoms with E-state index in [-0.39, 0.29) is 5.56 Å². The molecule has 1 N–H and O–H groups in total. The highest BCUT2D eigenvalue weighted by Crippen LogP contribution is 2.29. The van der Waals surface area contributed by atoms with Crippen LogP contribution in [0.5, 0.6) is 0 Å². The number of pyridine rings is 1. The third-order valence-corrected chi connectivity index (χ3v) is 5.48. The molecule has 1 aromatic heterocycles. The summed E-state index contributed by atoms with van der Waals surface area (Å²) in [5.74, 6) is -0.123. The largest absolute Gasteiger partial charge is 0.416 e. The molecule has 3 aromatic rings. The molecule has 1 aliphatic heterocycles. The number of anilines is 2. The maximum Gasteiger partial charge on any atom is 0.416 e. The van der Waals surface area contributed by atoms with Crippen LogP contribution in [0.2, 0.25) is 0 Å². The first kappa shape index (κ1) is 22.7. The van der Waals surface area contributed by atoms with Crippen molar-refractivity contribution in [1.82, 2.24) is 9.88 Å². The summed E-state index contributed by atoms with van der Waals surface area (Å²) in [4.78, 5) is 20.9. The van der Waals surface area contributed by atoms with E-state index in [1.54, 1.807) is 12.3 Å². The summed E-state index contributed by atoms with van der Waals surface area (Å²) in [5, 5.41) is 2.70. The first-order valence-corrected chi connectivity index (χ1v) is 10.4. The first-order chi connectivity index (χ1) is 15.8. The minimum Gasteiger partial charge on any atom is -0.354 e. The Balaban J connectivity index is 1.28. The Bertz CT molecular complexity index is 1090. The van der Waals surface area contributed by atoms with Crippen LogP contribution in [0.15, 0.2) is 66.9 Å². The molecule has 2 aromatic carbocycles. The average molecular weight is 458 g/mol. The monoisotopic (exact) mass is 458 g/mol. The number of alkyl halides is 3. The number of piperazine rings is 1. The highest BCUT2D eigenvalue weighted by atomic mass is 19.4. The second kappa shape index (κ2) is 9.58. The van der Waals surface area contributed by atoms with E-state index in [4.69, 9.17) is 0 Å². The van der Waals surface area contributed by atoms with Gasteiger partial charge in [-0.2, -0.15) is 13.2 Å². The standard InChI is InChI=1S/C24H22F4N4O/c25-20-3-1-2-18(14-20)23(33)30-21-8-9-22(29-15-21)32-12-10-31(11-13-32)16-17-4-6-19(7-5-17)24(26,27)28/h1-9,14-15H,10-13,16H2,(H,30,33). The Morgan fingerprint density at radius 2 is 1.70 bits per heavy atom.